The highest BCUT2D eigenvalue weighted by atomic mass is 19.1. The van der Waals surface area contributed by atoms with Crippen LogP contribution in [0.5, 0.6) is 0 Å². The molecule has 0 unspecified atom stereocenters. The van der Waals surface area contributed by atoms with Gasteiger partial charge in [0.1, 0.15) is 22.8 Å². The van der Waals surface area contributed by atoms with Crippen molar-refractivity contribution in [1.29, 1.82) is 0 Å². The van der Waals surface area contributed by atoms with Gasteiger partial charge in [-0.3, -0.25) is 4.79 Å². The lowest BCUT2D eigenvalue weighted by Gasteiger charge is -2.17. The third-order valence-electron chi connectivity index (χ3n) is 7.28. The highest BCUT2D eigenvalue weighted by Gasteiger charge is 2.59. The number of likely N-dealkylation sites (N-methyl/N-ethyl adjacent to an activating group) is 1. The van der Waals surface area contributed by atoms with E-state index < -0.39 is 17.3 Å². The summed E-state index contributed by atoms with van der Waals surface area (Å²) >= 11 is 0. The van der Waals surface area contributed by atoms with Gasteiger partial charge in [0.2, 0.25) is 5.95 Å². The largest absolute Gasteiger partial charge is 0.383 e. The van der Waals surface area contributed by atoms with Gasteiger partial charge in [0.15, 0.2) is 0 Å². The number of anilines is 1. The summed E-state index contributed by atoms with van der Waals surface area (Å²) in [6.07, 6.45) is 1.20. The quantitative estimate of drug-likeness (QED) is 0.452. The number of nitrogens with two attached hydrogens (primary N) is 1. The molecule has 172 valence electrons. The summed E-state index contributed by atoms with van der Waals surface area (Å²) in [5, 5.41) is -0.130. The van der Waals surface area contributed by atoms with Crippen molar-refractivity contribution in [2.24, 2.45) is 5.92 Å². The van der Waals surface area contributed by atoms with E-state index in [-0.39, 0.29) is 27.7 Å². The number of pyridine rings is 1. The van der Waals surface area contributed by atoms with Gasteiger partial charge in [0.25, 0.3) is 5.56 Å². The molecular weight excluding hydrogens is 436 g/mol. The highest BCUT2D eigenvalue weighted by Crippen LogP contribution is 2.58. The van der Waals surface area contributed by atoms with Crippen molar-refractivity contribution in [1.82, 2.24) is 19.9 Å². The van der Waals surface area contributed by atoms with Gasteiger partial charge in [-0.05, 0) is 61.2 Å². The number of fused-ring (bicyclic) bond motifs is 2. The van der Waals surface area contributed by atoms with Gasteiger partial charge in [-0.1, -0.05) is 24.3 Å². The molecule has 2 atom stereocenters. The van der Waals surface area contributed by atoms with Gasteiger partial charge < -0.3 is 15.6 Å². The molecule has 0 amide bonds. The van der Waals surface area contributed by atoms with Crippen LogP contribution >= 0.6 is 0 Å². The molecule has 1 saturated heterocycles. The Morgan fingerprint density at radius 3 is 2.56 bits per heavy atom. The number of nitrogen functional groups attached to an aromatic ring is 1. The van der Waals surface area contributed by atoms with Crippen LogP contribution in [0.2, 0.25) is 0 Å². The van der Waals surface area contributed by atoms with Gasteiger partial charge >= 0.3 is 0 Å². The van der Waals surface area contributed by atoms with Crippen LogP contribution in [0.4, 0.5) is 14.6 Å². The number of benzene rings is 2. The SMILES string of the molecule is Cc1nc2cc(-c3cc(-c4ccc([C@]56C[C@H]5CN(C)C6)cc4)c(F)nc3N)cc(F)c2c(=O)[nH]1. The second-order valence-corrected chi connectivity index (χ2v) is 9.59. The zero-order valence-electron chi connectivity index (χ0n) is 18.8. The molecule has 1 aliphatic heterocycles. The highest BCUT2D eigenvalue weighted by molar-refractivity contribution is 5.88. The Bertz CT molecular complexity index is 1530. The van der Waals surface area contributed by atoms with Crippen LogP contribution in [0.15, 0.2) is 47.3 Å². The molecule has 4 aromatic rings. The third-order valence-corrected chi connectivity index (χ3v) is 7.28. The van der Waals surface area contributed by atoms with Crippen molar-refractivity contribution in [2.75, 3.05) is 25.9 Å². The van der Waals surface area contributed by atoms with E-state index >= 15 is 0 Å². The van der Waals surface area contributed by atoms with Crippen LogP contribution in [0, 0.1) is 24.6 Å². The number of halogens is 2. The normalized spacial score (nSPS) is 21.7. The zero-order chi connectivity index (χ0) is 23.8. The van der Waals surface area contributed by atoms with Crippen molar-refractivity contribution in [3.63, 3.8) is 0 Å². The molecule has 1 saturated carbocycles. The summed E-state index contributed by atoms with van der Waals surface area (Å²) in [6, 6.07) is 12.3. The van der Waals surface area contributed by atoms with E-state index in [0.717, 1.165) is 13.1 Å². The van der Waals surface area contributed by atoms with Gasteiger partial charge in [-0.2, -0.15) is 4.39 Å². The fraction of sp³-hybridized carbons (Fsp3) is 0.269. The molecule has 2 aromatic carbocycles. The molecule has 3 heterocycles. The molecule has 0 spiro atoms. The lowest BCUT2D eigenvalue weighted by atomic mass is 9.92. The summed E-state index contributed by atoms with van der Waals surface area (Å²) in [6.45, 7) is 3.78. The second kappa shape index (κ2) is 7.17. The Kier molecular flexibility index (Phi) is 4.41. The molecule has 6 nitrogen and oxygen atoms in total. The third kappa shape index (κ3) is 3.13. The molecule has 1 aliphatic carbocycles. The first-order valence-electron chi connectivity index (χ1n) is 11.2. The summed E-state index contributed by atoms with van der Waals surface area (Å²) in [7, 11) is 2.14. The van der Waals surface area contributed by atoms with Crippen molar-refractivity contribution in [2.45, 2.75) is 18.8 Å². The van der Waals surface area contributed by atoms with E-state index in [1.807, 2.05) is 12.1 Å². The van der Waals surface area contributed by atoms with Crippen molar-refractivity contribution < 1.29 is 8.78 Å². The zero-order valence-corrected chi connectivity index (χ0v) is 18.8. The fourth-order valence-corrected chi connectivity index (χ4v) is 5.60. The minimum absolute atomic E-state index is 0.0631. The van der Waals surface area contributed by atoms with Gasteiger partial charge in [-0.25, -0.2) is 14.4 Å². The average molecular weight is 460 g/mol. The predicted octanol–water partition coefficient (Wildman–Crippen LogP) is 4.02. The number of H-pyrrole nitrogens is 1. The van der Waals surface area contributed by atoms with Gasteiger partial charge in [0, 0.05) is 29.6 Å². The number of aromatic nitrogens is 3. The molecule has 0 radical (unpaired) electrons. The summed E-state index contributed by atoms with van der Waals surface area (Å²) < 4.78 is 29.7. The number of aryl methyl sites for hydroxylation is 1. The van der Waals surface area contributed by atoms with E-state index in [1.165, 1.54) is 18.1 Å². The van der Waals surface area contributed by atoms with E-state index in [9.17, 15) is 13.6 Å². The Hall–Kier alpha value is -3.65. The van der Waals surface area contributed by atoms with Gasteiger partial charge in [0.05, 0.1) is 5.52 Å². The van der Waals surface area contributed by atoms with Crippen molar-refractivity contribution in [3.8, 4) is 22.3 Å². The van der Waals surface area contributed by atoms with E-state index in [4.69, 9.17) is 5.73 Å². The van der Waals surface area contributed by atoms with Crippen LogP contribution in [0.3, 0.4) is 0 Å². The molecule has 3 N–H and O–H groups in total. The number of hydrogen-bond acceptors (Lipinski definition) is 5. The number of hydrogen-bond donors (Lipinski definition) is 2. The summed E-state index contributed by atoms with van der Waals surface area (Å²) in [5.74, 6) is -0.422. The maximum atomic E-state index is 14.9. The predicted molar refractivity (Wildman–Crippen MR) is 127 cm³/mol. The Balaban J connectivity index is 1.42. The number of likely N-dealkylation sites (tertiary alicyclic amines) is 1. The molecule has 2 fully saturated rings. The average Bonchev–Trinajstić information content (AvgIpc) is 3.35. The first kappa shape index (κ1) is 20.9. The van der Waals surface area contributed by atoms with E-state index in [0.29, 0.717) is 28.4 Å². The molecule has 0 bridgehead atoms. The molecule has 6 rings (SSSR count). The number of nitrogens with zero attached hydrogens (tertiary/aromatic N) is 3. The Morgan fingerprint density at radius 1 is 1.09 bits per heavy atom. The fourth-order valence-electron chi connectivity index (χ4n) is 5.60. The van der Waals surface area contributed by atoms with Gasteiger partial charge in [-0.15, -0.1) is 0 Å². The Labute approximate surface area is 194 Å². The standard InChI is InChI=1S/C26H23F2N5O/c1-13-30-21-8-15(7-20(27)22(21)25(34)31-13)19-9-18(23(28)32-24(19)29)14-3-5-16(6-4-14)26-10-17(26)11-33(2)12-26/h3-9,17H,10-12H2,1-2H3,(H2,29,32)(H,30,31,34)/t17-,26+/m0/s1. The lowest BCUT2D eigenvalue weighted by Crippen LogP contribution is -2.22. The van der Waals surface area contributed by atoms with Crippen LogP contribution in [-0.4, -0.2) is 40.0 Å². The second-order valence-electron chi connectivity index (χ2n) is 9.59. The van der Waals surface area contributed by atoms with Crippen molar-refractivity contribution >= 4 is 16.7 Å². The number of aromatic amines is 1. The minimum Gasteiger partial charge on any atom is -0.383 e. The number of rotatable bonds is 3. The van der Waals surface area contributed by atoms with Crippen molar-refractivity contribution in [3.05, 3.63) is 76.0 Å². The van der Waals surface area contributed by atoms with E-state index in [2.05, 4.69) is 39.0 Å². The van der Waals surface area contributed by atoms with Crippen LogP contribution in [-0.2, 0) is 5.41 Å². The number of piperidine rings is 1. The molecule has 2 aromatic heterocycles. The summed E-state index contributed by atoms with van der Waals surface area (Å²) in [5.41, 5.74) is 8.87. The van der Waals surface area contributed by atoms with E-state index in [1.54, 1.807) is 19.1 Å². The van der Waals surface area contributed by atoms with Crippen LogP contribution in [0.1, 0.15) is 17.8 Å². The molecule has 8 heteroatoms. The number of nitrogens with one attached hydrogen (secondary N) is 1. The lowest BCUT2D eigenvalue weighted by molar-refractivity contribution is 0.363. The molecule has 2 aliphatic rings. The minimum atomic E-state index is -0.726. The smallest absolute Gasteiger partial charge is 0.261 e. The molecule has 34 heavy (non-hydrogen) atoms. The first-order valence-corrected chi connectivity index (χ1v) is 11.2. The first-order chi connectivity index (χ1) is 16.2. The maximum absolute atomic E-state index is 14.9. The molecular formula is C26H23F2N5O. The monoisotopic (exact) mass is 459 g/mol. The van der Waals surface area contributed by atoms with Crippen LogP contribution in [0.25, 0.3) is 33.2 Å². The maximum Gasteiger partial charge on any atom is 0.261 e. The summed E-state index contributed by atoms with van der Waals surface area (Å²) in [4.78, 5) is 25.1. The topological polar surface area (TPSA) is 87.9 Å². The van der Waals surface area contributed by atoms with Crippen LogP contribution < -0.4 is 11.3 Å². The Morgan fingerprint density at radius 2 is 1.85 bits per heavy atom.